The molecule has 2 atom stereocenters. The summed E-state index contributed by atoms with van der Waals surface area (Å²) >= 11 is 0. The highest BCUT2D eigenvalue weighted by molar-refractivity contribution is 5.22. The fourth-order valence-electron chi connectivity index (χ4n) is 1.66. The van der Waals surface area contributed by atoms with Gasteiger partial charge in [-0.3, -0.25) is 4.90 Å². The van der Waals surface area contributed by atoms with Crippen LogP contribution >= 0.6 is 0 Å². The molecule has 0 radical (unpaired) electrons. The third-order valence-electron chi connectivity index (χ3n) is 2.93. The molecule has 3 nitrogen and oxygen atoms in total. The van der Waals surface area contributed by atoms with Crippen molar-refractivity contribution in [3.8, 4) is 6.07 Å². The summed E-state index contributed by atoms with van der Waals surface area (Å²) in [6.07, 6.45) is -0.958. The highest BCUT2D eigenvalue weighted by atomic mass is 19.1. The number of nitrogens with zero attached hydrogens (tertiary/aromatic N) is 2. The Morgan fingerprint density at radius 1 is 1.39 bits per heavy atom. The second kappa shape index (κ2) is 6.43. The summed E-state index contributed by atoms with van der Waals surface area (Å²) < 4.78 is 26.9. The molecule has 0 aliphatic rings. The minimum Gasteiger partial charge on any atom is -0.387 e. The number of halogens is 2. The molecule has 0 aliphatic heterocycles. The molecule has 0 aliphatic carbocycles. The van der Waals surface area contributed by atoms with Gasteiger partial charge in [-0.05, 0) is 26.1 Å². The average molecular weight is 254 g/mol. The molecule has 1 aromatic carbocycles. The lowest BCUT2D eigenvalue weighted by Gasteiger charge is -2.25. The van der Waals surface area contributed by atoms with Crippen molar-refractivity contribution < 1.29 is 13.9 Å². The molecular formula is C13H16F2N2O. The van der Waals surface area contributed by atoms with E-state index in [1.165, 1.54) is 6.07 Å². The summed E-state index contributed by atoms with van der Waals surface area (Å²) in [7, 11) is 1.70. The van der Waals surface area contributed by atoms with Gasteiger partial charge >= 0.3 is 0 Å². The maximum atomic E-state index is 13.4. The van der Waals surface area contributed by atoms with Crippen molar-refractivity contribution in [1.82, 2.24) is 4.90 Å². The van der Waals surface area contributed by atoms with Crippen LogP contribution in [0.3, 0.4) is 0 Å². The molecule has 0 bridgehead atoms. The van der Waals surface area contributed by atoms with Crippen molar-refractivity contribution >= 4 is 0 Å². The van der Waals surface area contributed by atoms with Gasteiger partial charge in [-0.15, -0.1) is 0 Å². The van der Waals surface area contributed by atoms with Gasteiger partial charge in [0.15, 0.2) is 0 Å². The number of aliphatic hydroxyl groups excluding tert-OH is 1. The lowest BCUT2D eigenvalue weighted by atomic mass is 10.1. The number of nitriles is 1. The van der Waals surface area contributed by atoms with E-state index in [-0.39, 0.29) is 18.2 Å². The van der Waals surface area contributed by atoms with E-state index in [0.29, 0.717) is 6.42 Å². The van der Waals surface area contributed by atoms with Crippen LogP contribution in [-0.4, -0.2) is 29.6 Å². The molecule has 0 aromatic heterocycles. The van der Waals surface area contributed by atoms with Crippen molar-refractivity contribution in [2.75, 3.05) is 13.6 Å². The number of aliphatic hydroxyl groups is 1. The van der Waals surface area contributed by atoms with E-state index in [9.17, 15) is 13.9 Å². The molecule has 0 spiro atoms. The summed E-state index contributed by atoms with van der Waals surface area (Å²) in [6.45, 7) is 1.88. The van der Waals surface area contributed by atoms with Gasteiger partial charge in [0.1, 0.15) is 11.6 Å². The third-order valence-corrected chi connectivity index (χ3v) is 2.93. The van der Waals surface area contributed by atoms with Crippen LogP contribution in [0.5, 0.6) is 0 Å². The van der Waals surface area contributed by atoms with Gasteiger partial charge < -0.3 is 5.11 Å². The van der Waals surface area contributed by atoms with E-state index in [1.54, 1.807) is 11.9 Å². The maximum absolute atomic E-state index is 13.4. The fourth-order valence-corrected chi connectivity index (χ4v) is 1.66. The third kappa shape index (κ3) is 3.49. The number of hydrogen-bond donors (Lipinski definition) is 1. The predicted octanol–water partition coefficient (Wildman–Crippen LogP) is 2.23. The zero-order chi connectivity index (χ0) is 13.7. The summed E-state index contributed by atoms with van der Waals surface area (Å²) in [6, 6.07) is 5.40. The first kappa shape index (κ1) is 14.6. The maximum Gasteiger partial charge on any atom is 0.131 e. The van der Waals surface area contributed by atoms with E-state index in [0.717, 1.165) is 12.1 Å². The SMILES string of the molecule is CC(CC#N)N(C)CC(O)c1c(F)cccc1F. The van der Waals surface area contributed by atoms with Gasteiger partial charge in [0.2, 0.25) is 0 Å². The van der Waals surface area contributed by atoms with Gasteiger partial charge in [0, 0.05) is 12.6 Å². The van der Waals surface area contributed by atoms with Crippen LogP contribution in [-0.2, 0) is 0 Å². The molecule has 0 saturated carbocycles. The normalized spacial score (nSPS) is 14.3. The summed E-state index contributed by atoms with van der Waals surface area (Å²) in [5, 5.41) is 18.4. The Morgan fingerprint density at radius 3 is 2.44 bits per heavy atom. The van der Waals surface area contributed by atoms with E-state index >= 15 is 0 Å². The smallest absolute Gasteiger partial charge is 0.131 e. The lowest BCUT2D eigenvalue weighted by Crippen LogP contribution is -2.33. The quantitative estimate of drug-likeness (QED) is 0.876. The van der Waals surface area contributed by atoms with Crippen LogP contribution in [0.4, 0.5) is 8.78 Å². The molecule has 1 N–H and O–H groups in total. The largest absolute Gasteiger partial charge is 0.387 e. The highest BCUT2D eigenvalue weighted by Crippen LogP contribution is 2.21. The van der Waals surface area contributed by atoms with E-state index in [1.807, 2.05) is 13.0 Å². The van der Waals surface area contributed by atoms with E-state index in [4.69, 9.17) is 5.26 Å². The van der Waals surface area contributed by atoms with Crippen molar-refractivity contribution in [1.29, 1.82) is 5.26 Å². The number of benzene rings is 1. The van der Waals surface area contributed by atoms with Gasteiger partial charge in [0.25, 0.3) is 0 Å². The first-order valence-corrected chi connectivity index (χ1v) is 5.66. The number of likely N-dealkylation sites (N-methyl/N-ethyl adjacent to an activating group) is 1. The molecule has 0 heterocycles. The second-order valence-corrected chi connectivity index (χ2v) is 4.30. The first-order chi connectivity index (χ1) is 8.47. The Labute approximate surface area is 105 Å². The predicted molar refractivity (Wildman–Crippen MR) is 63.6 cm³/mol. The van der Waals surface area contributed by atoms with Crippen LogP contribution < -0.4 is 0 Å². The van der Waals surface area contributed by atoms with Crippen LogP contribution in [0.25, 0.3) is 0 Å². The summed E-state index contributed by atoms with van der Waals surface area (Å²) in [5.74, 6) is -1.52. The number of hydrogen-bond acceptors (Lipinski definition) is 3. The standard InChI is InChI=1S/C13H16F2N2O/c1-9(6-7-16)17(2)8-12(18)13-10(14)4-3-5-11(13)15/h3-5,9,12,18H,6,8H2,1-2H3. The molecule has 0 amide bonds. The summed E-state index contributed by atoms with van der Waals surface area (Å²) in [4.78, 5) is 1.69. The summed E-state index contributed by atoms with van der Waals surface area (Å²) in [5.41, 5.74) is -0.325. The molecule has 1 rings (SSSR count). The zero-order valence-electron chi connectivity index (χ0n) is 10.4. The Kier molecular flexibility index (Phi) is 5.20. The molecule has 0 saturated heterocycles. The van der Waals surface area contributed by atoms with Crippen molar-refractivity contribution in [3.05, 3.63) is 35.4 Å². The van der Waals surface area contributed by atoms with Crippen LogP contribution in [0, 0.1) is 23.0 Å². The Morgan fingerprint density at radius 2 is 1.94 bits per heavy atom. The van der Waals surface area contributed by atoms with Crippen molar-refractivity contribution in [2.45, 2.75) is 25.5 Å². The van der Waals surface area contributed by atoms with Crippen LogP contribution in [0.1, 0.15) is 25.0 Å². The first-order valence-electron chi connectivity index (χ1n) is 5.66. The monoisotopic (exact) mass is 254 g/mol. The van der Waals surface area contributed by atoms with Crippen molar-refractivity contribution in [3.63, 3.8) is 0 Å². The topological polar surface area (TPSA) is 47.3 Å². The van der Waals surface area contributed by atoms with E-state index in [2.05, 4.69) is 0 Å². The Bertz CT molecular complexity index is 425. The van der Waals surface area contributed by atoms with Gasteiger partial charge in [-0.25, -0.2) is 8.78 Å². The molecule has 18 heavy (non-hydrogen) atoms. The van der Waals surface area contributed by atoms with Crippen LogP contribution in [0.2, 0.25) is 0 Å². The fraction of sp³-hybridized carbons (Fsp3) is 0.462. The molecule has 2 unspecified atom stereocenters. The number of rotatable bonds is 5. The molecular weight excluding hydrogens is 238 g/mol. The van der Waals surface area contributed by atoms with Crippen LogP contribution in [0.15, 0.2) is 18.2 Å². The van der Waals surface area contributed by atoms with Gasteiger partial charge in [-0.1, -0.05) is 6.07 Å². The minimum absolute atomic E-state index is 0.0701. The molecule has 1 aromatic rings. The second-order valence-electron chi connectivity index (χ2n) is 4.30. The van der Waals surface area contributed by atoms with E-state index < -0.39 is 17.7 Å². The Hall–Kier alpha value is -1.51. The average Bonchev–Trinajstić information content (AvgIpc) is 2.28. The highest BCUT2D eigenvalue weighted by Gasteiger charge is 2.21. The zero-order valence-corrected chi connectivity index (χ0v) is 10.4. The minimum atomic E-state index is -1.25. The molecule has 5 heteroatoms. The van der Waals surface area contributed by atoms with Gasteiger partial charge in [0.05, 0.1) is 24.2 Å². The van der Waals surface area contributed by atoms with Crippen molar-refractivity contribution in [2.24, 2.45) is 0 Å². The Balaban J connectivity index is 2.77. The lowest BCUT2D eigenvalue weighted by molar-refractivity contribution is 0.103. The van der Waals surface area contributed by atoms with Gasteiger partial charge in [-0.2, -0.15) is 5.26 Å². The molecule has 0 fully saturated rings. The molecule has 98 valence electrons.